The summed E-state index contributed by atoms with van der Waals surface area (Å²) in [5.41, 5.74) is 4.96. The SMILES string of the molecule is C#CCOc1cccc(CCc2nc3cc(-c4cccc(=O)c(OC)c4)ccc3n2CCN2CCOCC2)c1. The lowest BCUT2D eigenvalue weighted by molar-refractivity contribution is 0.0364. The molecule has 1 aliphatic rings. The van der Waals surface area contributed by atoms with Gasteiger partial charge >= 0.3 is 0 Å². The van der Waals surface area contributed by atoms with Gasteiger partial charge in [-0.3, -0.25) is 9.69 Å². The van der Waals surface area contributed by atoms with Crippen LogP contribution in [0.4, 0.5) is 0 Å². The fraction of sp³-hybridized carbons (Fsp3) is 0.312. The normalized spacial score (nSPS) is 13.7. The van der Waals surface area contributed by atoms with Crippen LogP contribution in [-0.4, -0.2) is 61.0 Å². The highest BCUT2D eigenvalue weighted by molar-refractivity contribution is 5.83. The van der Waals surface area contributed by atoms with Crippen LogP contribution in [0.5, 0.6) is 11.5 Å². The summed E-state index contributed by atoms with van der Waals surface area (Å²) in [6.45, 7) is 5.51. The van der Waals surface area contributed by atoms with E-state index in [1.807, 2.05) is 24.3 Å². The molecule has 2 heterocycles. The third kappa shape index (κ3) is 6.48. The predicted molar refractivity (Wildman–Crippen MR) is 153 cm³/mol. The Bertz CT molecular complexity index is 1530. The molecule has 0 atom stereocenters. The van der Waals surface area contributed by atoms with Crippen molar-refractivity contribution in [3.63, 3.8) is 0 Å². The standard InChI is InChI=1S/C32H33N3O4/c1-3-18-39-27-8-4-6-24(21-27)10-13-32-33-28-22-26(25-7-5-9-30(36)31(23-25)37-2)11-12-29(28)35(32)15-14-34-16-19-38-20-17-34/h1,4-9,11-12,21-23H,10,13-20H2,2H3. The molecule has 0 spiro atoms. The number of ether oxygens (including phenoxy) is 3. The molecule has 0 unspecified atom stereocenters. The van der Waals surface area contributed by atoms with Crippen molar-refractivity contribution in [3.8, 4) is 35.0 Å². The number of benzene rings is 2. The van der Waals surface area contributed by atoms with Crippen LogP contribution in [0.25, 0.3) is 22.2 Å². The molecule has 0 saturated carbocycles. The summed E-state index contributed by atoms with van der Waals surface area (Å²) < 4.78 is 18.8. The first kappa shape index (κ1) is 26.5. The van der Waals surface area contributed by atoms with E-state index in [2.05, 4.69) is 39.7 Å². The lowest BCUT2D eigenvalue weighted by Crippen LogP contribution is -2.38. The maximum absolute atomic E-state index is 12.2. The minimum Gasteiger partial charge on any atom is -0.493 e. The Labute approximate surface area is 229 Å². The van der Waals surface area contributed by atoms with Crippen LogP contribution in [0.15, 0.2) is 71.5 Å². The van der Waals surface area contributed by atoms with Crippen molar-refractivity contribution < 1.29 is 14.2 Å². The van der Waals surface area contributed by atoms with Gasteiger partial charge in [0, 0.05) is 32.6 Å². The number of aryl methyl sites for hydroxylation is 2. The van der Waals surface area contributed by atoms with Gasteiger partial charge < -0.3 is 18.8 Å². The van der Waals surface area contributed by atoms with Crippen molar-refractivity contribution in [1.82, 2.24) is 14.5 Å². The van der Waals surface area contributed by atoms with Crippen molar-refractivity contribution >= 4 is 11.0 Å². The average molecular weight is 524 g/mol. The molecule has 3 aromatic carbocycles. The lowest BCUT2D eigenvalue weighted by Gasteiger charge is -2.27. The third-order valence-corrected chi connectivity index (χ3v) is 7.03. The van der Waals surface area contributed by atoms with Crippen LogP contribution in [0.1, 0.15) is 11.4 Å². The minimum atomic E-state index is -0.145. The first-order valence-electron chi connectivity index (χ1n) is 13.3. The molecule has 7 heteroatoms. The van der Waals surface area contributed by atoms with E-state index in [0.29, 0.717) is 5.75 Å². The Balaban J connectivity index is 1.45. The van der Waals surface area contributed by atoms with Crippen LogP contribution in [0.2, 0.25) is 0 Å². The fourth-order valence-corrected chi connectivity index (χ4v) is 4.96. The highest BCUT2D eigenvalue weighted by atomic mass is 16.5. The molecule has 1 aliphatic heterocycles. The Morgan fingerprint density at radius 1 is 0.974 bits per heavy atom. The second-order valence-electron chi connectivity index (χ2n) is 9.54. The monoisotopic (exact) mass is 523 g/mol. The second kappa shape index (κ2) is 12.6. The number of rotatable bonds is 10. The van der Waals surface area contributed by atoms with Gasteiger partial charge in [0.2, 0.25) is 5.43 Å². The molecule has 1 fully saturated rings. The molecular weight excluding hydrogens is 490 g/mol. The number of morpholine rings is 1. The molecule has 4 aromatic rings. The first-order valence-corrected chi connectivity index (χ1v) is 13.3. The van der Waals surface area contributed by atoms with Gasteiger partial charge in [0.25, 0.3) is 0 Å². The minimum absolute atomic E-state index is 0.145. The van der Waals surface area contributed by atoms with Crippen LogP contribution < -0.4 is 14.9 Å². The van der Waals surface area contributed by atoms with Crippen molar-refractivity contribution in [1.29, 1.82) is 0 Å². The summed E-state index contributed by atoms with van der Waals surface area (Å²) in [6, 6.07) is 21.4. The maximum atomic E-state index is 12.2. The Morgan fingerprint density at radius 2 is 1.79 bits per heavy atom. The van der Waals surface area contributed by atoms with E-state index in [0.717, 1.165) is 86.0 Å². The van der Waals surface area contributed by atoms with Crippen LogP contribution in [0, 0.1) is 12.3 Å². The van der Waals surface area contributed by atoms with Gasteiger partial charge in [-0.15, -0.1) is 6.42 Å². The number of hydrogen-bond acceptors (Lipinski definition) is 6. The topological polar surface area (TPSA) is 65.8 Å². The van der Waals surface area contributed by atoms with Crippen LogP contribution >= 0.6 is 0 Å². The predicted octanol–water partition coefficient (Wildman–Crippen LogP) is 4.20. The molecule has 0 bridgehead atoms. The fourth-order valence-electron chi connectivity index (χ4n) is 4.96. The smallest absolute Gasteiger partial charge is 0.220 e. The molecular formula is C32H33N3O4. The summed E-state index contributed by atoms with van der Waals surface area (Å²) in [4.78, 5) is 19.7. The molecule has 0 aliphatic carbocycles. The Morgan fingerprint density at radius 3 is 2.62 bits per heavy atom. The van der Waals surface area contributed by atoms with Gasteiger partial charge in [-0.05, 0) is 59.5 Å². The number of aromatic nitrogens is 2. The Kier molecular flexibility index (Phi) is 8.57. The van der Waals surface area contributed by atoms with E-state index in [1.54, 1.807) is 12.1 Å². The quantitative estimate of drug-likeness (QED) is 0.290. The van der Waals surface area contributed by atoms with Crippen molar-refractivity contribution in [2.45, 2.75) is 19.4 Å². The highest BCUT2D eigenvalue weighted by Gasteiger charge is 2.16. The molecule has 5 rings (SSSR count). The van der Waals surface area contributed by atoms with Gasteiger partial charge in [0.15, 0.2) is 5.75 Å². The number of hydrogen-bond donors (Lipinski definition) is 0. The number of methoxy groups -OCH3 is 1. The van der Waals surface area contributed by atoms with Crippen molar-refractivity contribution in [2.24, 2.45) is 0 Å². The second-order valence-corrected chi connectivity index (χ2v) is 9.54. The van der Waals surface area contributed by atoms with Gasteiger partial charge in [0.05, 0.1) is 31.4 Å². The van der Waals surface area contributed by atoms with Crippen LogP contribution in [-0.2, 0) is 24.1 Å². The summed E-state index contributed by atoms with van der Waals surface area (Å²) in [7, 11) is 1.52. The average Bonchev–Trinajstić information content (AvgIpc) is 3.20. The molecule has 0 radical (unpaired) electrons. The van der Waals surface area contributed by atoms with E-state index in [4.69, 9.17) is 25.6 Å². The maximum Gasteiger partial charge on any atom is 0.220 e. The zero-order valence-electron chi connectivity index (χ0n) is 22.3. The summed E-state index contributed by atoms with van der Waals surface area (Å²) in [6.07, 6.45) is 6.97. The molecule has 1 aromatic heterocycles. The molecule has 7 nitrogen and oxygen atoms in total. The van der Waals surface area contributed by atoms with E-state index >= 15 is 0 Å². The Hall–Kier alpha value is -4.12. The lowest BCUT2D eigenvalue weighted by atomic mass is 10.1. The molecule has 0 amide bonds. The number of terminal acetylenes is 1. The third-order valence-electron chi connectivity index (χ3n) is 7.03. The highest BCUT2D eigenvalue weighted by Crippen LogP contribution is 2.27. The zero-order valence-corrected chi connectivity index (χ0v) is 22.3. The number of imidazole rings is 1. The largest absolute Gasteiger partial charge is 0.493 e. The summed E-state index contributed by atoms with van der Waals surface area (Å²) >= 11 is 0. The van der Waals surface area contributed by atoms with E-state index in [9.17, 15) is 4.79 Å². The summed E-state index contributed by atoms with van der Waals surface area (Å²) in [5, 5.41) is 0. The number of nitrogens with zero attached hydrogens (tertiary/aromatic N) is 3. The molecule has 200 valence electrons. The number of fused-ring (bicyclic) bond motifs is 1. The van der Waals surface area contributed by atoms with Crippen molar-refractivity contribution in [3.05, 3.63) is 88.3 Å². The van der Waals surface area contributed by atoms with E-state index in [-0.39, 0.29) is 12.0 Å². The first-order chi connectivity index (χ1) is 19.1. The van der Waals surface area contributed by atoms with Gasteiger partial charge in [-0.2, -0.15) is 0 Å². The summed E-state index contributed by atoms with van der Waals surface area (Å²) in [5.74, 6) is 4.66. The van der Waals surface area contributed by atoms with Gasteiger partial charge in [-0.25, -0.2) is 4.98 Å². The van der Waals surface area contributed by atoms with Crippen LogP contribution in [0.3, 0.4) is 0 Å². The van der Waals surface area contributed by atoms with Crippen molar-refractivity contribution in [2.75, 3.05) is 46.6 Å². The zero-order chi connectivity index (χ0) is 27.0. The van der Waals surface area contributed by atoms with E-state index < -0.39 is 0 Å². The van der Waals surface area contributed by atoms with Gasteiger partial charge in [0.1, 0.15) is 18.2 Å². The van der Waals surface area contributed by atoms with E-state index in [1.165, 1.54) is 18.7 Å². The molecule has 0 N–H and O–H groups in total. The molecule has 39 heavy (non-hydrogen) atoms. The molecule has 1 saturated heterocycles. The van der Waals surface area contributed by atoms with Gasteiger partial charge in [-0.1, -0.05) is 36.3 Å².